The molecule has 0 amide bonds. The summed E-state index contributed by atoms with van der Waals surface area (Å²) in [5, 5.41) is 0. The molecular weight excluding hydrogens is 228 g/mol. The van der Waals surface area contributed by atoms with Crippen LogP contribution in [0, 0.1) is 0 Å². The lowest BCUT2D eigenvalue weighted by Gasteiger charge is -1.80. The molecule has 0 aliphatic carbocycles. The Morgan fingerprint density at radius 1 is 1.00 bits per heavy atom. The largest absolute Gasteiger partial charge is 0.443 e. The number of para-hydroxylation sites is 2. The Balaban J connectivity index is 0.000000111. The van der Waals surface area contributed by atoms with E-state index in [1.54, 1.807) is 18.7 Å². The van der Waals surface area contributed by atoms with E-state index in [1.807, 2.05) is 30.3 Å². The summed E-state index contributed by atoms with van der Waals surface area (Å²) >= 11 is 0. The molecule has 1 aromatic carbocycles. The highest BCUT2D eigenvalue weighted by atomic mass is 16.3. The third-order valence-corrected chi connectivity index (χ3v) is 2.46. The maximum Gasteiger partial charge on any atom is 0.181 e. The van der Waals surface area contributed by atoms with E-state index < -0.39 is 0 Å². The van der Waals surface area contributed by atoms with E-state index in [1.165, 1.54) is 6.39 Å². The van der Waals surface area contributed by atoms with E-state index in [4.69, 9.17) is 4.42 Å². The average molecular weight is 238 g/mol. The van der Waals surface area contributed by atoms with Crippen LogP contribution in [0.4, 0.5) is 0 Å². The van der Waals surface area contributed by atoms with E-state index in [9.17, 15) is 0 Å². The topological polar surface area (TPSA) is 67.6 Å². The number of rotatable bonds is 0. The summed E-state index contributed by atoms with van der Waals surface area (Å²) in [5.74, 6) is 0. The van der Waals surface area contributed by atoms with Gasteiger partial charge in [0.1, 0.15) is 5.52 Å². The van der Waals surface area contributed by atoms with Crippen LogP contribution in [0.15, 0.2) is 59.9 Å². The number of nitrogens with zero attached hydrogens (tertiary/aromatic N) is 3. The third-order valence-electron chi connectivity index (χ3n) is 2.46. The van der Waals surface area contributed by atoms with Gasteiger partial charge in [-0.25, -0.2) is 9.97 Å². The highest BCUT2D eigenvalue weighted by molar-refractivity contribution is 5.72. The molecule has 3 heterocycles. The Hall–Kier alpha value is -2.69. The van der Waals surface area contributed by atoms with E-state index in [0.29, 0.717) is 0 Å². The third kappa shape index (κ3) is 2.06. The molecule has 4 aromatic rings. The monoisotopic (exact) mass is 238 g/mol. The lowest BCUT2D eigenvalue weighted by molar-refractivity contribution is 0.602. The second-order valence-corrected chi connectivity index (χ2v) is 3.62. The van der Waals surface area contributed by atoms with Gasteiger partial charge in [0.2, 0.25) is 0 Å². The van der Waals surface area contributed by atoms with Crippen LogP contribution in [-0.4, -0.2) is 19.9 Å². The van der Waals surface area contributed by atoms with Crippen molar-refractivity contribution in [2.24, 2.45) is 0 Å². The molecule has 1 N–H and O–H groups in total. The molecule has 5 heteroatoms. The van der Waals surface area contributed by atoms with Crippen LogP contribution in [0.2, 0.25) is 0 Å². The van der Waals surface area contributed by atoms with Crippen molar-refractivity contribution in [3.63, 3.8) is 0 Å². The normalized spacial score (nSPS) is 10.2. The highest BCUT2D eigenvalue weighted by Crippen LogP contribution is 2.09. The first-order valence-electron chi connectivity index (χ1n) is 5.45. The molecule has 3 aromatic heterocycles. The van der Waals surface area contributed by atoms with Crippen LogP contribution < -0.4 is 0 Å². The number of hydrogen-bond acceptors (Lipinski definition) is 4. The molecule has 0 aliphatic heterocycles. The molecule has 0 saturated heterocycles. The van der Waals surface area contributed by atoms with Gasteiger partial charge in [-0.2, -0.15) is 0 Å². The molecule has 0 bridgehead atoms. The van der Waals surface area contributed by atoms with Crippen LogP contribution in [0.5, 0.6) is 0 Å². The number of imidazole rings is 1. The summed E-state index contributed by atoms with van der Waals surface area (Å²) in [7, 11) is 0. The maximum atomic E-state index is 5.01. The quantitative estimate of drug-likeness (QED) is 0.511. The van der Waals surface area contributed by atoms with E-state index >= 15 is 0 Å². The number of oxazole rings is 1. The fourth-order valence-electron chi connectivity index (χ4n) is 1.59. The number of nitrogens with one attached hydrogen (secondary N) is 1. The smallest absolute Gasteiger partial charge is 0.181 e. The number of fused-ring (bicyclic) bond motifs is 2. The van der Waals surface area contributed by atoms with Crippen molar-refractivity contribution < 1.29 is 4.42 Å². The molecule has 18 heavy (non-hydrogen) atoms. The molecule has 5 nitrogen and oxygen atoms in total. The van der Waals surface area contributed by atoms with Crippen molar-refractivity contribution in [2.75, 3.05) is 0 Å². The Labute approximate surface area is 103 Å². The van der Waals surface area contributed by atoms with Gasteiger partial charge in [-0.1, -0.05) is 12.1 Å². The van der Waals surface area contributed by atoms with E-state index in [-0.39, 0.29) is 0 Å². The number of hydrogen-bond donors (Lipinski definition) is 1. The Kier molecular flexibility index (Phi) is 2.71. The first-order valence-corrected chi connectivity index (χ1v) is 5.45. The predicted octanol–water partition coefficient (Wildman–Crippen LogP) is 2.79. The zero-order chi connectivity index (χ0) is 12.2. The zero-order valence-corrected chi connectivity index (χ0v) is 9.45. The number of H-pyrrole nitrogens is 1. The van der Waals surface area contributed by atoms with Crippen LogP contribution >= 0.6 is 0 Å². The fourth-order valence-corrected chi connectivity index (χ4v) is 1.59. The Morgan fingerprint density at radius 3 is 2.83 bits per heavy atom. The first-order chi connectivity index (χ1) is 8.93. The fraction of sp³-hybridized carbons (Fsp3) is 0. The van der Waals surface area contributed by atoms with Gasteiger partial charge in [-0.05, 0) is 18.2 Å². The van der Waals surface area contributed by atoms with Crippen molar-refractivity contribution in [2.45, 2.75) is 0 Å². The standard InChI is InChI=1S/C7H5NO.C6H5N3/c1-2-4-7-6(3-1)8-5-9-7;1-2-7-3-6-5(1)8-4-9-6/h1-5H;1-4H,(H,8,9). The molecule has 4 rings (SSSR count). The molecule has 0 radical (unpaired) electrons. The minimum Gasteiger partial charge on any atom is -0.443 e. The summed E-state index contributed by atoms with van der Waals surface area (Å²) in [6, 6.07) is 9.53. The van der Waals surface area contributed by atoms with Crippen molar-refractivity contribution >= 4 is 22.1 Å². The van der Waals surface area contributed by atoms with Gasteiger partial charge in [0.15, 0.2) is 12.0 Å². The molecule has 88 valence electrons. The predicted molar refractivity (Wildman–Crippen MR) is 67.9 cm³/mol. The molecule has 0 fully saturated rings. The van der Waals surface area contributed by atoms with Crippen LogP contribution in [0.1, 0.15) is 0 Å². The number of pyridine rings is 1. The van der Waals surface area contributed by atoms with Crippen molar-refractivity contribution in [1.82, 2.24) is 19.9 Å². The lowest BCUT2D eigenvalue weighted by atomic mass is 10.3. The summed E-state index contributed by atoms with van der Waals surface area (Å²) in [6.07, 6.45) is 6.59. The number of aromatic amines is 1. The van der Waals surface area contributed by atoms with Crippen molar-refractivity contribution in [1.29, 1.82) is 0 Å². The van der Waals surface area contributed by atoms with Gasteiger partial charge >= 0.3 is 0 Å². The molecule has 0 unspecified atom stereocenters. The van der Waals surface area contributed by atoms with E-state index in [0.717, 1.165) is 22.1 Å². The van der Waals surface area contributed by atoms with Crippen LogP contribution in [-0.2, 0) is 0 Å². The van der Waals surface area contributed by atoms with Crippen molar-refractivity contribution in [3.8, 4) is 0 Å². The molecular formula is C13H10N4O. The maximum absolute atomic E-state index is 5.01. The van der Waals surface area contributed by atoms with Gasteiger partial charge in [-0.15, -0.1) is 0 Å². The van der Waals surface area contributed by atoms with Gasteiger partial charge in [0.05, 0.1) is 23.6 Å². The number of benzene rings is 1. The van der Waals surface area contributed by atoms with Crippen LogP contribution in [0.25, 0.3) is 22.1 Å². The molecule has 0 spiro atoms. The van der Waals surface area contributed by atoms with Crippen LogP contribution in [0.3, 0.4) is 0 Å². The van der Waals surface area contributed by atoms with Crippen molar-refractivity contribution in [3.05, 3.63) is 55.4 Å². The second kappa shape index (κ2) is 4.67. The summed E-state index contributed by atoms with van der Waals surface area (Å²) in [4.78, 5) is 14.8. The molecule has 0 atom stereocenters. The summed E-state index contributed by atoms with van der Waals surface area (Å²) < 4.78 is 5.01. The number of aromatic nitrogens is 4. The zero-order valence-electron chi connectivity index (χ0n) is 9.45. The SMILES string of the molecule is c1cc2nc[nH]c2cn1.c1ccc2ocnc2c1. The van der Waals surface area contributed by atoms with E-state index in [2.05, 4.69) is 19.9 Å². The van der Waals surface area contributed by atoms with Gasteiger partial charge < -0.3 is 9.40 Å². The Morgan fingerprint density at radius 2 is 1.94 bits per heavy atom. The van der Waals surface area contributed by atoms with Gasteiger partial charge in [-0.3, -0.25) is 4.98 Å². The molecule has 0 saturated carbocycles. The average Bonchev–Trinajstić information content (AvgIpc) is 3.08. The Bertz CT molecular complexity index is 633. The minimum atomic E-state index is 0.845. The summed E-state index contributed by atoms with van der Waals surface area (Å²) in [5.41, 5.74) is 3.71. The second-order valence-electron chi connectivity index (χ2n) is 3.62. The van der Waals surface area contributed by atoms with Gasteiger partial charge in [0.25, 0.3) is 0 Å². The first kappa shape index (κ1) is 10.5. The highest BCUT2D eigenvalue weighted by Gasteiger charge is 1.91. The lowest BCUT2D eigenvalue weighted by Crippen LogP contribution is -1.69. The minimum absolute atomic E-state index is 0.845. The molecule has 0 aliphatic rings. The summed E-state index contributed by atoms with van der Waals surface area (Å²) in [6.45, 7) is 0. The van der Waals surface area contributed by atoms with Gasteiger partial charge in [0, 0.05) is 6.20 Å².